The monoisotopic (exact) mass is 409 g/mol. The van der Waals surface area contributed by atoms with E-state index in [2.05, 4.69) is 17.4 Å². The molecule has 4 nitrogen and oxygen atoms in total. The number of fused-ring (bicyclic) bond motifs is 3. The molecule has 0 heterocycles. The highest BCUT2D eigenvalue weighted by Crippen LogP contribution is 2.44. The van der Waals surface area contributed by atoms with Gasteiger partial charge in [-0.1, -0.05) is 54.6 Å². The maximum atomic E-state index is 14.0. The van der Waals surface area contributed by atoms with Gasteiger partial charge in [0.1, 0.15) is 18.2 Å². The van der Waals surface area contributed by atoms with Crippen LogP contribution in [0.15, 0.2) is 66.7 Å². The van der Waals surface area contributed by atoms with Crippen LogP contribution in [-0.2, 0) is 4.74 Å². The Bertz CT molecular complexity index is 1020. The van der Waals surface area contributed by atoms with Gasteiger partial charge in [0.2, 0.25) is 0 Å². The summed E-state index contributed by atoms with van der Waals surface area (Å²) in [5.74, 6) is -2.22. The summed E-state index contributed by atoms with van der Waals surface area (Å²) in [6.45, 7) is -0.267. The van der Waals surface area contributed by atoms with E-state index in [0.29, 0.717) is 0 Å². The van der Waals surface area contributed by atoms with Gasteiger partial charge in [-0.2, -0.15) is 0 Å². The Hall–Kier alpha value is -3.25. The van der Waals surface area contributed by atoms with Gasteiger partial charge in [0.25, 0.3) is 0 Å². The van der Waals surface area contributed by atoms with Crippen LogP contribution in [0.4, 0.5) is 13.6 Å². The van der Waals surface area contributed by atoms with Crippen molar-refractivity contribution in [3.8, 4) is 11.1 Å². The van der Waals surface area contributed by atoms with Crippen molar-refractivity contribution < 1.29 is 23.4 Å². The highest BCUT2D eigenvalue weighted by atomic mass is 19.1. The smallest absolute Gasteiger partial charge is 0.407 e. The fourth-order valence-corrected chi connectivity index (χ4v) is 3.96. The maximum Gasteiger partial charge on any atom is 0.407 e. The molecule has 3 aromatic carbocycles. The number of aliphatic hydroxyl groups excluding tert-OH is 1. The van der Waals surface area contributed by atoms with Crippen LogP contribution in [0.3, 0.4) is 0 Å². The predicted molar refractivity (Wildman–Crippen MR) is 109 cm³/mol. The van der Waals surface area contributed by atoms with Crippen LogP contribution in [0.1, 0.15) is 28.5 Å². The summed E-state index contributed by atoms with van der Waals surface area (Å²) in [6.07, 6.45) is -0.655. The molecule has 0 saturated carbocycles. The van der Waals surface area contributed by atoms with E-state index < -0.39 is 30.3 Å². The largest absolute Gasteiger partial charge is 0.449 e. The standard InChI is InChI=1S/C24H21F2NO3/c25-16-9-10-17(23(26)11-16)15(13-28)12-27-24(29)30-14-22-20-7-3-1-5-18(20)19-6-2-4-8-21(19)22/h1-11,15,22,28H,12-14H2,(H,27,29). The molecule has 3 aromatic rings. The summed E-state index contributed by atoms with van der Waals surface area (Å²) in [7, 11) is 0. The molecule has 0 saturated heterocycles. The molecule has 154 valence electrons. The number of halogens is 2. The van der Waals surface area contributed by atoms with E-state index in [-0.39, 0.29) is 24.6 Å². The molecule has 0 fully saturated rings. The summed E-state index contributed by atoms with van der Waals surface area (Å²) in [5, 5.41) is 12.1. The van der Waals surface area contributed by atoms with E-state index in [9.17, 15) is 18.7 Å². The minimum atomic E-state index is -0.761. The molecule has 0 bridgehead atoms. The van der Waals surface area contributed by atoms with Crippen molar-refractivity contribution in [2.75, 3.05) is 19.8 Å². The molecule has 0 aromatic heterocycles. The van der Waals surface area contributed by atoms with E-state index in [4.69, 9.17) is 4.74 Å². The minimum absolute atomic E-state index is 0.0320. The van der Waals surface area contributed by atoms with E-state index in [1.807, 2.05) is 36.4 Å². The number of alkyl carbamates (subject to hydrolysis) is 1. The van der Waals surface area contributed by atoms with Crippen molar-refractivity contribution in [3.05, 3.63) is 95.1 Å². The Labute approximate surface area is 173 Å². The number of hydrogen-bond donors (Lipinski definition) is 2. The predicted octanol–water partition coefficient (Wildman–Crippen LogP) is 4.58. The highest BCUT2D eigenvalue weighted by Gasteiger charge is 2.29. The lowest BCUT2D eigenvalue weighted by atomic mass is 9.98. The van der Waals surface area contributed by atoms with Crippen LogP contribution in [0.25, 0.3) is 11.1 Å². The number of aliphatic hydroxyl groups is 1. The summed E-state index contributed by atoms with van der Waals surface area (Å²) in [6, 6.07) is 19.2. The Morgan fingerprint density at radius 1 is 1.00 bits per heavy atom. The first-order chi connectivity index (χ1) is 14.6. The van der Waals surface area contributed by atoms with Gasteiger partial charge in [0.05, 0.1) is 6.61 Å². The van der Waals surface area contributed by atoms with Gasteiger partial charge in [-0.15, -0.1) is 0 Å². The number of hydrogen-bond acceptors (Lipinski definition) is 3. The number of carbonyl (C=O) groups excluding carboxylic acids is 1. The lowest BCUT2D eigenvalue weighted by Gasteiger charge is -2.18. The van der Waals surface area contributed by atoms with Gasteiger partial charge < -0.3 is 15.2 Å². The molecule has 30 heavy (non-hydrogen) atoms. The average Bonchev–Trinajstić information content (AvgIpc) is 3.07. The van der Waals surface area contributed by atoms with E-state index in [1.54, 1.807) is 0 Å². The van der Waals surface area contributed by atoms with E-state index >= 15 is 0 Å². The Kier molecular flexibility index (Phi) is 5.77. The summed E-state index contributed by atoms with van der Waals surface area (Å²) in [5.41, 5.74) is 4.61. The van der Waals surface area contributed by atoms with Gasteiger partial charge in [0.15, 0.2) is 0 Å². The highest BCUT2D eigenvalue weighted by molar-refractivity contribution is 5.79. The van der Waals surface area contributed by atoms with Crippen molar-refractivity contribution in [2.24, 2.45) is 0 Å². The fraction of sp³-hybridized carbons (Fsp3) is 0.208. The zero-order chi connectivity index (χ0) is 21.1. The molecule has 4 rings (SSSR count). The van der Waals surface area contributed by atoms with Gasteiger partial charge >= 0.3 is 6.09 Å². The summed E-state index contributed by atoms with van der Waals surface area (Å²) in [4.78, 5) is 12.2. The first-order valence-electron chi connectivity index (χ1n) is 9.73. The second kappa shape index (κ2) is 8.63. The summed E-state index contributed by atoms with van der Waals surface area (Å²) >= 11 is 0. The molecule has 2 N–H and O–H groups in total. The number of ether oxygens (including phenoxy) is 1. The van der Waals surface area contributed by atoms with Crippen molar-refractivity contribution in [3.63, 3.8) is 0 Å². The zero-order valence-corrected chi connectivity index (χ0v) is 16.1. The SMILES string of the molecule is O=C(NCC(CO)c1ccc(F)cc1F)OCC1c2ccccc2-c2ccccc21. The number of carbonyl (C=O) groups is 1. The number of rotatable bonds is 6. The topological polar surface area (TPSA) is 58.6 Å². The number of amides is 1. The van der Waals surface area contributed by atoms with Gasteiger partial charge in [-0.25, -0.2) is 13.6 Å². The first kappa shape index (κ1) is 20.0. The number of benzene rings is 3. The normalized spacial score (nSPS) is 13.4. The molecule has 6 heteroatoms. The lowest BCUT2D eigenvalue weighted by Crippen LogP contribution is -2.31. The molecule has 1 aliphatic rings. The maximum absolute atomic E-state index is 14.0. The second-order valence-electron chi connectivity index (χ2n) is 7.25. The fourth-order valence-electron chi connectivity index (χ4n) is 3.96. The van der Waals surface area contributed by atoms with Crippen LogP contribution in [0.2, 0.25) is 0 Å². The van der Waals surface area contributed by atoms with Gasteiger partial charge in [-0.3, -0.25) is 0 Å². The molecule has 0 aliphatic heterocycles. The Balaban J connectivity index is 1.39. The average molecular weight is 409 g/mol. The van der Waals surface area contributed by atoms with E-state index in [0.717, 1.165) is 34.4 Å². The third-order valence-corrected chi connectivity index (χ3v) is 5.46. The quantitative estimate of drug-likeness (QED) is 0.627. The van der Waals surface area contributed by atoms with Crippen LogP contribution in [0, 0.1) is 11.6 Å². The van der Waals surface area contributed by atoms with E-state index in [1.165, 1.54) is 6.07 Å². The number of nitrogens with one attached hydrogen (secondary N) is 1. The molecule has 0 radical (unpaired) electrons. The molecule has 1 unspecified atom stereocenters. The molecule has 1 amide bonds. The molecule has 0 spiro atoms. The minimum Gasteiger partial charge on any atom is -0.449 e. The van der Waals surface area contributed by atoms with Gasteiger partial charge in [0, 0.05) is 24.4 Å². The first-order valence-corrected chi connectivity index (χ1v) is 9.73. The van der Waals surface area contributed by atoms with Crippen molar-refractivity contribution >= 4 is 6.09 Å². The molecule has 1 atom stereocenters. The third-order valence-electron chi connectivity index (χ3n) is 5.46. The van der Waals surface area contributed by atoms with Crippen molar-refractivity contribution in [2.45, 2.75) is 11.8 Å². The van der Waals surface area contributed by atoms with Crippen LogP contribution in [0.5, 0.6) is 0 Å². The van der Waals surface area contributed by atoms with Crippen LogP contribution < -0.4 is 5.32 Å². The molecular formula is C24H21F2NO3. The molecule has 1 aliphatic carbocycles. The van der Waals surface area contributed by atoms with Crippen molar-refractivity contribution in [1.82, 2.24) is 5.32 Å². The Morgan fingerprint density at radius 3 is 2.23 bits per heavy atom. The zero-order valence-electron chi connectivity index (χ0n) is 16.1. The molecular weight excluding hydrogens is 388 g/mol. The van der Waals surface area contributed by atoms with Crippen LogP contribution >= 0.6 is 0 Å². The summed E-state index contributed by atoms with van der Waals surface area (Å²) < 4.78 is 32.5. The lowest BCUT2D eigenvalue weighted by molar-refractivity contribution is 0.141. The Morgan fingerprint density at radius 2 is 1.63 bits per heavy atom. The second-order valence-corrected chi connectivity index (χ2v) is 7.25. The van der Waals surface area contributed by atoms with Crippen molar-refractivity contribution in [1.29, 1.82) is 0 Å². The van der Waals surface area contributed by atoms with Gasteiger partial charge in [-0.05, 0) is 33.9 Å². The third kappa shape index (κ3) is 3.91. The van der Waals surface area contributed by atoms with Crippen LogP contribution in [-0.4, -0.2) is 31.0 Å².